The molecule has 2 aromatic carbocycles. The highest BCUT2D eigenvalue weighted by Gasteiger charge is 1.99. The lowest BCUT2D eigenvalue weighted by Crippen LogP contribution is -2.22. The number of benzene rings is 2. The largest absolute Gasteiger partial charge is 0.545 e. The molecule has 4 heteroatoms. The molecule has 0 saturated carbocycles. The van der Waals surface area contributed by atoms with Crippen molar-refractivity contribution in [2.24, 2.45) is 0 Å². The number of aromatic carboxylic acids is 1. The van der Waals surface area contributed by atoms with Gasteiger partial charge in [-0.05, 0) is 41.5 Å². The van der Waals surface area contributed by atoms with E-state index in [4.69, 9.17) is 4.74 Å². The summed E-state index contributed by atoms with van der Waals surface area (Å²) in [7, 11) is 0. The van der Waals surface area contributed by atoms with Gasteiger partial charge >= 0.3 is 0 Å². The molecule has 0 saturated heterocycles. The van der Waals surface area contributed by atoms with Crippen molar-refractivity contribution >= 4 is 5.97 Å². The van der Waals surface area contributed by atoms with Crippen molar-refractivity contribution in [2.75, 3.05) is 0 Å². The molecule has 3 nitrogen and oxygen atoms in total. The highest BCUT2D eigenvalue weighted by molar-refractivity contribution is 5.85. The van der Waals surface area contributed by atoms with Crippen molar-refractivity contribution in [1.82, 2.24) is 0 Å². The molecule has 0 bridgehead atoms. The Morgan fingerprint density at radius 1 is 1.17 bits per heavy atom. The number of carboxylic acids is 1. The van der Waals surface area contributed by atoms with Crippen molar-refractivity contribution in [3.63, 3.8) is 0 Å². The van der Waals surface area contributed by atoms with Crippen molar-refractivity contribution in [3.8, 4) is 5.75 Å². The molecule has 0 aromatic heterocycles. The first-order valence-corrected chi connectivity index (χ1v) is 5.34. The van der Waals surface area contributed by atoms with Gasteiger partial charge in [0, 0.05) is 0 Å². The van der Waals surface area contributed by atoms with E-state index in [-0.39, 0.29) is 18.0 Å². The van der Waals surface area contributed by atoms with Crippen LogP contribution in [0.2, 0.25) is 0 Å². The number of carbonyl (C=O) groups excluding carboxylic acids is 1. The second-order valence-corrected chi connectivity index (χ2v) is 3.73. The summed E-state index contributed by atoms with van der Waals surface area (Å²) >= 11 is 0. The van der Waals surface area contributed by atoms with E-state index >= 15 is 0 Å². The van der Waals surface area contributed by atoms with E-state index in [0.29, 0.717) is 11.3 Å². The summed E-state index contributed by atoms with van der Waals surface area (Å²) in [4.78, 5) is 10.7. The van der Waals surface area contributed by atoms with E-state index in [1.165, 1.54) is 36.4 Å². The summed E-state index contributed by atoms with van der Waals surface area (Å²) in [6.07, 6.45) is 0. The summed E-state index contributed by atoms with van der Waals surface area (Å²) < 4.78 is 18.1. The molecular formula is C14H10FO3-. The minimum absolute atomic E-state index is 0.107. The van der Waals surface area contributed by atoms with E-state index in [0.717, 1.165) is 0 Å². The van der Waals surface area contributed by atoms with Gasteiger partial charge in [-0.1, -0.05) is 18.2 Å². The van der Waals surface area contributed by atoms with Gasteiger partial charge in [0.15, 0.2) is 0 Å². The monoisotopic (exact) mass is 245 g/mol. The van der Waals surface area contributed by atoms with Gasteiger partial charge in [-0.15, -0.1) is 0 Å². The predicted octanol–water partition coefficient (Wildman–Crippen LogP) is 1.77. The van der Waals surface area contributed by atoms with Crippen LogP contribution in [0.3, 0.4) is 0 Å². The van der Waals surface area contributed by atoms with Gasteiger partial charge in [-0.3, -0.25) is 0 Å². The zero-order valence-corrected chi connectivity index (χ0v) is 9.43. The minimum Gasteiger partial charge on any atom is -0.545 e. The summed E-state index contributed by atoms with van der Waals surface area (Å²) in [5.41, 5.74) is 0.816. The molecule has 0 spiro atoms. The predicted molar refractivity (Wildman–Crippen MR) is 61.5 cm³/mol. The smallest absolute Gasteiger partial charge is 0.123 e. The molecule has 0 aliphatic heterocycles. The Kier molecular flexibility index (Phi) is 3.57. The third kappa shape index (κ3) is 3.07. The first-order valence-electron chi connectivity index (χ1n) is 5.34. The van der Waals surface area contributed by atoms with E-state index in [1.54, 1.807) is 12.1 Å². The highest BCUT2D eigenvalue weighted by Crippen LogP contribution is 2.14. The second kappa shape index (κ2) is 5.31. The average molecular weight is 245 g/mol. The molecule has 0 radical (unpaired) electrons. The van der Waals surface area contributed by atoms with Crippen LogP contribution in [0.4, 0.5) is 4.39 Å². The molecule has 18 heavy (non-hydrogen) atoms. The minimum atomic E-state index is -1.22. The van der Waals surface area contributed by atoms with E-state index < -0.39 is 5.97 Å². The summed E-state index contributed by atoms with van der Waals surface area (Å²) in [5.74, 6) is -1.03. The van der Waals surface area contributed by atoms with Crippen LogP contribution in [0.1, 0.15) is 15.9 Å². The Bertz CT molecular complexity index is 549. The standard InChI is InChI=1S/C14H11FO3/c15-12-4-6-13(7-5-12)18-9-10-2-1-3-11(8-10)14(16)17/h1-8H,9H2,(H,16,17)/p-1. The fourth-order valence-electron chi connectivity index (χ4n) is 1.49. The molecule has 0 aliphatic rings. The lowest BCUT2D eigenvalue weighted by Gasteiger charge is -2.08. The Hall–Kier alpha value is -2.36. The van der Waals surface area contributed by atoms with Gasteiger partial charge in [0.05, 0.1) is 5.97 Å². The average Bonchev–Trinajstić information content (AvgIpc) is 2.38. The lowest BCUT2D eigenvalue weighted by molar-refractivity contribution is -0.255. The van der Waals surface area contributed by atoms with Crippen LogP contribution in [0.25, 0.3) is 0 Å². The Morgan fingerprint density at radius 2 is 1.89 bits per heavy atom. The molecule has 0 N–H and O–H groups in total. The maximum atomic E-state index is 12.7. The maximum Gasteiger partial charge on any atom is 0.123 e. The third-order valence-electron chi connectivity index (χ3n) is 2.38. The second-order valence-electron chi connectivity index (χ2n) is 3.73. The van der Waals surface area contributed by atoms with Gasteiger partial charge in [0.2, 0.25) is 0 Å². The number of hydrogen-bond donors (Lipinski definition) is 0. The zero-order valence-electron chi connectivity index (χ0n) is 9.43. The first-order chi connectivity index (χ1) is 8.65. The number of carbonyl (C=O) groups is 1. The third-order valence-corrected chi connectivity index (χ3v) is 2.38. The molecule has 0 atom stereocenters. The number of rotatable bonds is 4. The SMILES string of the molecule is O=C([O-])c1cccc(COc2ccc(F)cc2)c1. The normalized spacial score (nSPS) is 10.1. The van der Waals surface area contributed by atoms with Crippen LogP contribution in [0.15, 0.2) is 48.5 Å². The number of carboxylic acid groups (broad SMARTS) is 1. The molecule has 92 valence electrons. The van der Waals surface area contributed by atoms with E-state index in [9.17, 15) is 14.3 Å². The number of hydrogen-bond acceptors (Lipinski definition) is 3. The van der Waals surface area contributed by atoms with Crippen LogP contribution in [0, 0.1) is 5.82 Å². The lowest BCUT2D eigenvalue weighted by atomic mass is 10.1. The van der Waals surface area contributed by atoms with Crippen molar-refractivity contribution in [3.05, 3.63) is 65.5 Å². The molecule has 0 fully saturated rings. The molecule has 0 heterocycles. The Morgan fingerprint density at radius 3 is 2.56 bits per heavy atom. The summed E-state index contributed by atoms with van der Waals surface area (Å²) in [6.45, 7) is 0.215. The molecular weight excluding hydrogens is 235 g/mol. The van der Waals surface area contributed by atoms with Crippen molar-refractivity contribution < 1.29 is 19.0 Å². The first kappa shape index (κ1) is 12.1. The fourth-order valence-corrected chi connectivity index (χ4v) is 1.49. The van der Waals surface area contributed by atoms with Crippen molar-refractivity contribution in [2.45, 2.75) is 6.61 Å². The van der Waals surface area contributed by atoms with Gasteiger partial charge in [-0.2, -0.15) is 0 Å². The quantitative estimate of drug-likeness (QED) is 0.824. The molecule has 0 unspecified atom stereocenters. The van der Waals surface area contributed by atoms with Gasteiger partial charge in [-0.25, -0.2) is 4.39 Å². The van der Waals surface area contributed by atoms with Gasteiger partial charge in [0.1, 0.15) is 18.2 Å². The Labute approximate surface area is 103 Å². The Balaban J connectivity index is 2.04. The van der Waals surface area contributed by atoms with Crippen LogP contribution >= 0.6 is 0 Å². The van der Waals surface area contributed by atoms with Crippen LogP contribution in [0.5, 0.6) is 5.75 Å². The topological polar surface area (TPSA) is 49.4 Å². The van der Waals surface area contributed by atoms with Crippen LogP contribution < -0.4 is 9.84 Å². The zero-order chi connectivity index (χ0) is 13.0. The maximum absolute atomic E-state index is 12.7. The molecule has 2 aromatic rings. The van der Waals surface area contributed by atoms with Gasteiger partial charge in [0.25, 0.3) is 0 Å². The molecule has 2 rings (SSSR count). The summed E-state index contributed by atoms with van der Waals surface area (Å²) in [5, 5.41) is 10.7. The number of ether oxygens (including phenoxy) is 1. The van der Waals surface area contributed by atoms with E-state index in [1.807, 2.05) is 0 Å². The highest BCUT2D eigenvalue weighted by atomic mass is 19.1. The molecule has 0 aliphatic carbocycles. The van der Waals surface area contributed by atoms with Crippen LogP contribution in [-0.2, 0) is 6.61 Å². The van der Waals surface area contributed by atoms with E-state index in [2.05, 4.69) is 0 Å². The summed E-state index contributed by atoms with van der Waals surface area (Å²) in [6, 6.07) is 11.9. The van der Waals surface area contributed by atoms with Crippen molar-refractivity contribution in [1.29, 1.82) is 0 Å². The van der Waals surface area contributed by atoms with Crippen LogP contribution in [-0.4, -0.2) is 5.97 Å². The number of halogens is 1. The van der Waals surface area contributed by atoms with Gasteiger partial charge < -0.3 is 14.6 Å². The fraction of sp³-hybridized carbons (Fsp3) is 0.0714. The molecule has 0 amide bonds.